The number of benzene rings is 1. The Morgan fingerprint density at radius 2 is 1.25 bits per heavy atom. The highest BCUT2D eigenvalue weighted by Crippen LogP contribution is 2.14. The van der Waals surface area contributed by atoms with Gasteiger partial charge >= 0.3 is 11.9 Å². The maximum Gasteiger partial charge on any atom is 0.333 e. The highest BCUT2D eigenvalue weighted by Gasteiger charge is 2.06. The van der Waals surface area contributed by atoms with Crippen molar-refractivity contribution >= 4 is 18.0 Å². The van der Waals surface area contributed by atoms with Crippen LogP contribution in [0.25, 0.3) is 6.08 Å². The van der Waals surface area contributed by atoms with Gasteiger partial charge in [0.15, 0.2) is 0 Å². The Morgan fingerprint density at radius 3 is 1.68 bits per heavy atom. The first-order valence-electron chi connectivity index (χ1n) is 15.8. The summed E-state index contributed by atoms with van der Waals surface area (Å²) in [6.07, 6.45) is 27.2. The van der Waals surface area contributed by atoms with Crippen molar-refractivity contribution in [2.45, 2.75) is 136 Å². The van der Waals surface area contributed by atoms with E-state index in [-0.39, 0.29) is 18.0 Å². The summed E-state index contributed by atoms with van der Waals surface area (Å²) in [5.74, 6) is -0.622. The van der Waals surface area contributed by atoms with Gasteiger partial charge < -0.3 is 9.47 Å². The van der Waals surface area contributed by atoms with Crippen molar-refractivity contribution in [3.05, 3.63) is 66.8 Å². The van der Waals surface area contributed by atoms with E-state index in [0.29, 0.717) is 18.6 Å². The van der Waals surface area contributed by atoms with Crippen LogP contribution in [0.4, 0.5) is 0 Å². The van der Waals surface area contributed by atoms with Crippen molar-refractivity contribution in [1.82, 2.24) is 0 Å². The summed E-state index contributed by atoms with van der Waals surface area (Å²) in [5, 5.41) is 0. The van der Waals surface area contributed by atoms with Gasteiger partial charge in [-0.05, 0) is 32.3 Å². The van der Waals surface area contributed by atoms with E-state index in [1.165, 1.54) is 89.9 Å². The van der Waals surface area contributed by atoms with E-state index >= 15 is 0 Å². The van der Waals surface area contributed by atoms with Crippen molar-refractivity contribution in [2.24, 2.45) is 0 Å². The maximum atomic E-state index is 12.0. The van der Waals surface area contributed by atoms with Gasteiger partial charge in [-0.1, -0.05) is 159 Å². The molecule has 0 N–H and O–H groups in total. The Kier molecular flexibility index (Phi) is 26.1. The smallest absolute Gasteiger partial charge is 0.333 e. The van der Waals surface area contributed by atoms with Gasteiger partial charge in [-0.2, -0.15) is 0 Å². The van der Waals surface area contributed by atoms with Crippen LogP contribution in [0, 0.1) is 0 Å². The number of hydrogen-bond donors (Lipinski definition) is 0. The molecule has 0 aromatic heterocycles. The molecule has 40 heavy (non-hydrogen) atoms. The summed E-state index contributed by atoms with van der Waals surface area (Å²) in [5.41, 5.74) is 1.65. The predicted octanol–water partition coefficient (Wildman–Crippen LogP) is 10.6. The fourth-order valence-corrected chi connectivity index (χ4v) is 4.18. The van der Waals surface area contributed by atoms with Crippen molar-refractivity contribution in [1.29, 1.82) is 0 Å². The molecule has 0 saturated heterocycles. The number of rotatable bonds is 23. The van der Waals surface area contributed by atoms with Crippen LogP contribution in [-0.4, -0.2) is 24.6 Å². The zero-order chi connectivity index (χ0) is 29.7. The molecule has 0 bridgehead atoms. The number of esters is 2. The molecule has 0 atom stereocenters. The minimum Gasteiger partial charge on any atom is -0.462 e. The number of ether oxygens (including phenoxy) is 2. The normalized spacial score (nSPS) is 10.7. The molecule has 0 heterocycles. The zero-order valence-corrected chi connectivity index (χ0v) is 26.0. The summed E-state index contributed by atoms with van der Waals surface area (Å²) >= 11 is 0. The number of hydrogen-bond acceptors (Lipinski definition) is 4. The number of carbonyl (C=O) groups excluding carboxylic acids is 2. The Balaban J connectivity index is 0.00000165. The summed E-state index contributed by atoms with van der Waals surface area (Å²) in [6, 6.07) is 10.1. The van der Waals surface area contributed by atoms with Gasteiger partial charge in [-0.15, -0.1) is 0 Å². The molecule has 1 aromatic rings. The lowest BCUT2D eigenvalue weighted by atomic mass is 10.0. The molecule has 0 amide bonds. The van der Waals surface area contributed by atoms with Gasteiger partial charge in [0.05, 0.1) is 12.7 Å². The lowest BCUT2D eigenvalue weighted by Crippen LogP contribution is -2.07. The van der Waals surface area contributed by atoms with Crippen LogP contribution in [0.5, 0.6) is 0 Å². The molecule has 0 radical (unpaired) electrons. The van der Waals surface area contributed by atoms with Gasteiger partial charge in [0, 0.05) is 11.6 Å². The van der Waals surface area contributed by atoms with Crippen LogP contribution in [-0.2, 0) is 19.1 Å². The third-order valence-corrected chi connectivity index (χ3v) is 6.51. The molecule has 0 unspecified atom stereocenters. The highest BCUT2D eigenvalue weighted by atomic mass is 16.5. The molecule has 0 saturated carbocycles. The third kappa shape index (κ3) is 25.6. The van der Waals surface area contributed by atoms with Gasteiger partial charge in [-0.3, -0.25) is 0 Å². The quantitative estimate of drug-likeness (QED) is 0.0767. The fraction of sp³-hybridized carbons (Fsp3) is 0.611. The first kappa shape index (κ1) is 37.4. The van der Waals surface area contributed by atoms with Crippen molar-refractivity contribution in [3.8, 4) is 0 Å². The SMILES string of the molecule is C=C(CC=Cc1ccccc1)C(=O)OCCCCCCCCCCCCCCCCCC.C=CC(=O)OC(C)C. The molecule has 1 aromatic carbocycles. The molecule has 0 aliphatic carbocycles. The summed E-state index contributed by atoms with van der Waals surface area (Å²) in [6.45, 7) is 13.5. The lowest BCUT2D eigenvalue weighted by molar-refractivity contribution is -0.141. The van der Waals surface area contributed by atoms with Gasteiger partial charge in [0.25, 0.3) is 0 Å². The largest absolute Gasteiger partial charge is 0.462 e. The van der Waals surface area contributed by atoms with Crippen molar-refractivity contribution in [3.63, 3.8) is 0 Å². The lowest BCUT2D eigenvalue weighted by Gasteiger charge is -2.06. The van der Waals surface area contributed by atoms with Gasteiger partial charge in [0.2, 0.25) is 0 Å². The first-order chi connectivity index (χ1) is 19.4. The standard InChI is InChI=1S/C30H48O2.C6H10O2/c1-3-4-5-6-7-8-9-10-11-12-13-14-15-16-17-21-27-32-30(31)28(2)23-22-26-29-24-19-18-20-25-29;1-4-6(7)8-5(2)3/h18-20,22,24-26H,2-17,21,23,27H2,1H3;4-5H,1H2,2-3H3. The molecule has 1 rings (SSSR count). The van der Waals surface area contributed by atoms with Crippen LogP contribution in [0.15, 0.2) is 61.2 Å². The molecule has 4 heteroatoms. The Bertz CT molecular complexity index is 794. The Morgan fingerprint density at radius 1 is 0.775 bits per heavy atom. The van der Waals surface area contributed by atoms with E-state index in [4.69, 9.17) is 4.74 Å². The predicted molar refractivity (Wildman–Crippen MR) is 171 cm³/mol. The molecule has 0 aliphatic heterocycles. The first-order valence-corrected chi connectivity index (χ1v) is 15.8. The Hall–Kier alpha value is -2.62. The number of allylic oxidation sites excluding steroid dienone is 1. The molecular formula is C36H58O4. The topological polar surface area (TPSA) is 52.6 Å². The molecule has 0 fully saturated rings. The maximum absolute atomic E-state index is 12.0. The van der Waals surface area contributed by atoms with E-state index in [1.54, 1.807) is 13.8 Å². The van der Waals surface area contributed by atoms with E-state index < -0.39 is 0 Å². The van der Waals surface area contributed by atoms with Crippen LogP contribution in [0.1, 0.15) is 135 Å². The fourth-order valence-electron chi connectivity index (χ4n) is 4.18. The van der Waals surface area contributed by atoms with Crippen LogP contribution in [0.2, 0.25) is 0 Å². The second kappa shape index (κ2) is 27.9. The molecule has 226 valence electrons. The zero-order valence-electron chi connectivity index (χ0n) is 26.0. The molecule has 0 spiro atoms. The van der Waals surface area contributed by atoms with Gasteiger partial charge in [0.1, 0.15) is 0 Å². The van der Waals surface area contributed by atoms with E-state index in [1.807, 2.05) is 42.5 Å². The second-order valence-electron chi connectivity index (χ2n) is 10.7. The van der Waals surface area contributed by atoms with E-state index in [9.17, 15) is 9.59 Å². The monoisotopic (exact) mass is 554 g/mol. The van der Waals surface area contributed by atoms with Gasteiger partial charge in [-0.25, -0.2) is 9.59 Å². The van der Waals surface area contributed by atoms with Crippen LogP contribution in [0.3, 0.4) is 0 Å². The summed E-state index contributed by atoms with van der Waals surface area (Å²) in [4.78, 5) is 22.3. The average molecular weight is 555 g/mol. The highest BCUT2D eigenvalue weighted by molar-refractivity contribution is 5.88. The number of unbranched alkanes of at least 4 members (excludes halogenated alkanes) is 15. The minimum atomic E-state index is -0.361. The van der Waals surface area contributed by atoms with E-state index in [0.717, 1.165) is 24.5 Å². The van der Waals surface area contributed by atoms with Crippen LogP contribution >= 0.6 is 0 Å². The number of carbonyl (C=O) groups is 2. The molecular weight excluding hydrogens is 496 g/mol. The summed E-state index contributed by atoms with van der Waals surface area (Å²) in [7, 11) is 0. The van der Waals surface area contributed by atoms with Crippen molar-refractivity contribution in [2.75, 3.05) is 6.61 Å². The molecule has 4 nitrogen and oxygen atoms in total. The Labute approximate surface area is 246 Å². The summed E-state index contributed by atoms with van der Waals surface area (Å²) < 4.78 is 10.00. The second-order valence-corrected chi connectivity index (χ2v) is 10.7. The third-order valence-electron chi connectivity index (χ3n) is 6.51. The average Bonchev–Trinajstić information content (AvgIpc) is 2.95. The minimum absolute atomic E-state index is 0.0412. The van der Waals surface area contributed by atoms with Crippen LogP contribution < -0.4 is 0 Å². The van der Waals surface area contributed by atoms with Crippen molar-refractivity contribution < 1.29 is 19.1 Å². The van der Waals surface area contributed by atoms with E-state index in [2.05, 4.69) is 24.8 Å². The molecule has 0 aliphatic rings.